The zero-order valence-electron chi connectivity index (χ0n) is 10.3. The average molecular weight is 308 g/mol. The smallest absolute Gasteiger partial charge is 0.331 e. The van der Waals surface area contributed by atoms with Crippen molar-refractivity contribution >= 4 is 57.8 Å². The first-order valence-corrected chi connectivity index (χ1v) is 7.46. The Morgan fingerprint density at radius 3 is 2.85 bits per heavy atom. The number of ketones is 2. The lowest BCUT2D eigenvalue weighted by Gasteiger charge is -2.00. The highest BCUT2D eigenvalue weighted by Gasteiger charge is 2.28. The summed E-state index contributed by atoms with van der Waals surface area (Å²) in [5, 5.41) is 1.74. The zero-order chi connectivity index (χ0) is 14.3. The number of aromatic nitrogens is 1. The summed E-state index contributed by atoms with van der Waals surface area (Å²) >= 11 is 2.70. The number of rotatable bonds is 2. The van der Waals surface area contributed by atoms with Crippen LogP contribution < -0.4 is 9.88 Å². The summed E-state index contributed by atoms with van der Waals surface area (Å²) in [5.74, 6) is -0.974. The number of carbonyl (C=O) groups excluding carboxylic acids is 3. The minimum absolute atomic E-state index is 0.377. The lowest BCUT2D eigenvalue weighted by Crippen LogP contribution is -2.31. The van der Waals surface area contributed by atoms with Crippen molar-refractivity contribution in [3.8, 4) is 0 Å². The number of nitrogens with zero attached hydrogens (tertiary/aromatic N) is 2. The highest BCUT2D eigenvalue weighted by atomic mass is 32.2. The number of fused-ring (bicyclic) bond motifs is 1. The zero-order valence-corrected chi connectivity index (χ0v) is 11.9. The van der Waals surface area contributed by atoms with Gasteiger partial charge in [0.2, 0.25) is 11.6 Å². The molecule has 1 atom stereocenters. The van der Waals surface area contributed by atoms with E-state index in [1.54, 1.807) is 0 Å². The molecule has 0 amide bonds. The molecule has 1 aromatic rings. The Morgan fingerprint density at radius 2 is 2.10 bits per heavy atom. The summed E-state index contributed by atoms with van der Waals surface area (Å²) in [6.07, 6.45) is 2.52. The molecular weight excluding hydrogens is 300 g/mol. The van der Waals surface area contributed by atoms with E-state index in [2.05, 4.69) is 14.7 Å². The van der Waals surface area contributed by atoms with Crippen molar-refractivity contribution in [1.29, 1.82) is 0 Å². The molecule has 0 saturated carbocycles. The maximum atomic E-state index is 11.4. The van der Waals surface area contributed by atoms with Gasteiger partial charge in [0.1, 0.15) is 10.1 Å². The van der Waals surface area contributed by atoms with Gasteiger partial charge >= 0.3 is 5.97 Å². The molecule has 20 heavy (non-hydrogen) atoms. The van der Waals surface area contributed by atoms with Gasteiger partial charge in [0.05, 0.1) is 17.0 Å². The first-order chi connectivity index (χ1) is 9.58. The molecule has 0 unspecified atom stereocenters. The van der Waals surface area contributed by atoms with Gasteiger partial charge < -0.3 is 4.74 Å². The summed E-state index contributed by atoms with van der Waals surface area (Å²) in [6.45, 7) is 0. The highest BCUT2D eigenvalue weighted by molar-refractivity contribution is 8.15. The number of esters is 1. The van der Waals surface area contributed by atoms with Gasteiger partial charge in [0, 0.05) is 17.9 Å². The molecule has 1 aliphatic heterocycles. The number of Topliss-reactive ketones (excluding diaryl/α,β-unsaturated/α-hetero) is 2. The predicted molar refractivity (Wildman–Crippen MR) is 75.1 cm³/mol. The number of thioether (sulfide) groups is 1. The molecule has 0 fully saturated rings. The van der Waals surface area contributed by atoms with Crippen LogP contribution >= 0.6 is 23.1 Å². The maximum absolute atomic E-state index is 11.4. The van der Waals surface area contributed by atoms with Crippen molar-refractivity contribution in [3.05, 3.63) is 14.9 Å². The van der Waals surface area contributed by atoms with Gasteiger partial charge in [-0.1, -0.05) is 0 Å². The predicted octanol–water partition coefficient (Wildman–Crippen LogP) is -1.11. The Morgan fingerprint density at radius 1 is 1.35 bits per heavy atom. The van der Waals surface area contributed by atoms with Crippen LogP contribution in [0.2, 0.25) is 0 Å². The lowest BCUT2D eigenvalue weighted by atomic mass is 10.2. The largest absolute Gasteiger partial charge is 0.467 e. The van der Waals surface area contributed by atoms with Crippen LogP contribution in [0.15, 0.2) is 4.99 Å². The molecule has 102 valence electrons. The fourth-order valence-electron chi connectivity index (χ4n) is 1.78. The lowest BCUT2D eigenvalue weighted by molar-refractivity contribution is -0.141. The number of methoxy groups -OCH3 is 1. The Bertz CT molecular complexity index is 734. The summed E-state index contributed by atoms with van der Waals surface area (Å²) in [6, 6.07) is -0.517. The minimum atomic E-state index is -0.567. The summed E-state index contributed by atoms with van der Waals surface area (Å²) in [5.41, 5.74) is 0. The van der Waals surface area contributed by atoms with Crippen LogP contribution in [0.4, 0.5) is 0 Å². The number of hydrogen-bond acceptors (Lipinski definition) is 8. The second kappa shape index (κ2) is 4.95. The molecule has 1 aliphatic carbocycles. The standard InChI is InChI=1S/C12H8N2O4S2/c1-18-12(17)6-4-19-10(14-6)11-13-5-2-7(15)8(16)3-9(5)20-11/h2-3,6H,4H2,1H3/t6-/m1/s1. The molecule has 0 bridgehead atoms. The third kappa shape index (κ3) is 2.20. The van der Waals surface area contributed by atoms with Crippen LogP contribution in [0.1, 0.15) is 5.01 Å². The molecule has 6 nitrogen and oxygen atoms in total. The van der Waals surface area contributed by atoms with E-state index in [4.69, 9.17) is 0 Å². The molecular formula is C12H8N2O4S2. The Labute approximate surface area is 121 Å². The van der Waals surface area contributed by atoms with Gasteiger partial charge in [-0.3, -0.25) is 14.6 Å². The first-order valence-electron chi connectivity index (χ1n) is 5.66. The molecule has 0 radical (unpaired) electrons. The molecule has 2 aliphatic rings. The highest BCUT2D eigenvalue weighted by Crippen LogP contribution is 2.23. The third-order valence-corrected chi connectivity index (χ3v) is 4.97. The van der Waals surface area contributed by atoms with Gasteiger partial charge in [-0.25, -0.2) is 9.78 Å². The van der Waals surface area contributed by atoms with Gasteiger partial charge in [-0.2, -0.15) is 0 Å². The maximum Gasteiger partial charge on any atom is 0.331 e. The molecule has 0 spiro atoms. The van der Waals surface area contributed by atoms with Gasteiger partial charge in [-0.05, 0) is 0 Å². The van der Waals surface area contributed by atoms with E-state index >= 15 is 0 Å². The van der Waals surface area contributed by atoms with Crippen LogP contribution in [0.5, 0.6) is 0 Å². The fourth-order valence-corrected chi connectivity index (χ4v) is 3.84. The van der Waals surface area contributed by atoms with Crippen LogP contribution in [0.25, 0.3) is 12.2 Å². The van der Waals surface area contributed by atoms with E-state index < -0.39 is 17.6 Å². The molecule has 1 aromatic heterocycles. The fraction of sp³-hybridized carbons (Fsp3) is 0.250. The quantitative estimate of drug-likeness (QED) is 0.509. The van der Waals surface area contributed by atoms with Crippen molar-refractivity contribution in [1.82, 2.24) is 4.98 Å². The van der Waals surface area contributed by atoms with Crippen molar-refractivity contribution < 1.29 is 19.1 Å². The number of ether oxygens (including phenoxy) is 1. The monoisotopic (exact) mass is 308 g/mol. The topological polar surface area (TPSA) is 85.7 Å². The van der Waals surface area contributed by atoms with E-state index in [0.717, 1.165) is 0 Å². The van der Waals surface area contributed by atoms with Gasteiger partial charge in [-0.15, -0.1) is 23.1 Å². The second-order valence-corrected chi connectivity index (χ2v) is 6.11. The van der Waals surface area contributed by atoms with E-state index in [-0.39, 0.29) is 5.97 Å². The van der Waals surface area contributed by atoms with Crippen LogP contribution in [0, 0.1) is 0 Å². The molecule has 0 saturated heterocycles. The van der Waals surface area contributed by atoms with Crippen LogP contribution in [0.3, 0.4) is 0 Å². The third-order valence-electron chi connectivity index (χ3n) is 2.76. The van der Waals surface area contributed by atoms with E-state index in [0.29, 0.717) is 25.7 Å². The molecule has 0 N–H and O–H groups in total. The normalized spacial score (nSPS) is 20.9. The summed E-state index contributed by atoms with van der Waals surface area (Å²) < 4.78 is 5.30. The Balaban J connectivity index is 1.99. The SMILES string of the molecule is COC(=O)[C@H]1CSC(c2nc3c(s2)=CC(=O)C(=O)C=3)=N1. The van der Waals surface area contributed by atoms with Crippen LogP contribution in [-0.4, -0.2) is 46.5 Å². The van der Waals surface area contributed by atoms with Crippen molar-refractivity contribution in [2.75, 3.05) is 12.9 Å². The summed E-state index contributed by atoms with van der Waals surface area (Å²) in [4.78, 5) is 42.6. The van der Waals surface area contributed by atoms with Crippen molar-refractivity contribution in [3.63, 3.8) is 0 Å². The number of thiazole rings is 1. The Kier molecular flexibility index (Phi) is 3.27. The number of hydrogen-bond donors (Lipinski definition) is 0. The van der Waals surface area contributed by atoms with E-state index in [1.807, 2.05) is 0 Å². The van der Waals surface area contributed by atoms with E-state index in [9.17, 15) is 14.4 Å². The minimum Gasteiger partial charge on any atom is -0.467 e. The Hall–Kier alpha value is -1.80. The van der Waals surface area contributed by atoms with E-state index in [1.165, 1.54) is 42.4 Å². The van der Waals surface area contributed by atoms with Gasteiger partial charge in [0.15, 0.2) is 6.04 Å². The molecule has 3 rings (SSSR count). The van der Waals surface area contributed by atoms with Crippen LogP contribution in [-0.2, 0) is 19.1 Å². The first kappa shape index (κ1) is 13.2. The summed E-state index contributed by atoms with van der Waals surface area (Å²) in [7, 11) is 1.32. The molecule has 8 heteroatoms. The van der Waals surface area contributed by atoms with Crippen molar-refractivity contribution in [2.24, 2.45) is 4.99 Å². The molecule has 0 aromatic carbocycles. The number of aliphatic imine (C=N–C) groups is 1. The second-order valence-electron chi connectivity index (χ2n) is 4.07. The van der Waals surface area contributed by atoms with Gasteiger partial charge in [0.25, 0.3) is 0 Å². The van der Waals surface area contributed by atoms with Crippen molar-refractivity contribution in [2.45, 2.75) is 6.04 Å². The number of carbonyl (C=O) groups is 3. The molecule has 2 heterocycles. The average Bonchev–Trinajstić information content (AvgIpc) is 3.04.